The number of carbonyl (C=O) groups is 5. The molecule has 0 N–H and O–H groups in total. The summed E-state index contributed by atoms with van der Waals surface area (Å²) in [4.78, 5) is 69.0. The van der Waals surface area contributed by atoms with E-state index in [-0.39, 0.29) is 19.8 Å². The molecule has 1 aliphatic heterocycles. The molecule has 1 saturated carbocycles. The zero-order valence-electron chi connectivity index (χ0n) is 38.9. The lowest BCUT2D eigenvalue weighted by Gasteiger charge is -2.51. The molecule has 1 heterocycles. The average molecular weight is 978 g/mol. The van der Waals surface area contributed by atoms with Crippen LogP contribution >= 0.6 is 0 Å². The molecule has 1 aliphatic carbocycles. The molecule has 4 aromatic carbocycles. The number of hydrogen-bond acceptors (Lipinski definition) is 16. The highest BCUT2D eigenvalue weighted by Gasteiger charge is 2.60. The lowest BCUT2D eigenvalue weighted by atomic mass is 9.83. The summed E-state index contributed by atoms with van der Waals surface area (Å²) in [6, 6.07) is 29.9. The first kappa shape index (κ1) is 52.9. The van der Waals surface area contributed by atoms with Crippen LogP contribution in [-0.2, 0) is 97.3 Å². The van der Waals surface area contributed by atoms with E-state index in [1.807, 2.05) is 42.5 Å². The molecule has 1 saturated heterocycles. The molecule has 2 aliphatic rings. The van der Waals surface area contributed by atoms with Crippen molar-refractivity contribution < 1.29 is 84.5 Å². The minimum atomic E-state index is -4.84. The average Bonchev–Trinajstić information content (AvgIpc) is 3.31. The monoisotopic (exact) mass is 977 g/mol. The topological polar surface area (TPSA) is 190 Å². The van der Waals surface area contributed by atoms with Crippen LogP contribution in [0.5, 0.6) is 0 Å². The SMILES string of the molecule is CC(=O)OC[C@H]1O[C@H](OC2[C@@H](OC(C)=O)[C@H](OCc3ccccc3)C(OCc3ccccc3)[C@H](OCc3ccccc3)[C@@H]2OC(C)=O)[C@H](N=Cc2ccccc2C(F)(F)F)[C@@H](OC(C)=O)[C@@H]1OC(C)=O. The Kier molecular flexibility index (Phi) is 18.8. The number of esters is 5. The van der Waals surface area contributed by atoms with E-state index >= 15 is 0 Å². The largest absolute Gasteiger partial charge is 0.463 e. The highest BCUT2D eigenvalue weighted by Crippen LogP contribution is 2.39. The van der Waals surface area contributed by atoms with Crippen LogP contribution in [0.1, 0.15) is 62.4 Å². The van der Waals surface area contributed by atoms with E-state index in [4.69, 9.17) is 47.4 Å². The molecule has 0 spiro atoms. The number of rotatable bonds is 19. The van der Waals surface area contributed by atoms with Gasteiger partial charge in [-0.05, 0) is 22.8 Å². The van der Waals surface area contributed by atoms with Gasteiger partial charge in [-0.15, -0.1) is 0 Å². The number of benzene rings is 4. The second-order valence-corrected chi connectivity index (χ2v) is 16.4. The van der Waals surface area contributed by atoms with Crippen LogP contribution in [-0.4, -0.2) is 110 Å². The maximum Gasteiger partial charge on any atom is 0.417 e. The molecule has 0 aromatic heterocycles. The van der Waals surface area contributed by atoms with Crippen LogP contribution < -0.4 is 0 Å². The number of halogens is 3. The highest BCUT2D eigenvalue weighted by molar-refractivity contribution is 5.82. The standard InChI is InChI=1S/C51H54F3NO15/c1-30(56)61-29-40-42(65-31(2)57)43(66-32(3)58)41(55-25-38-23-15-16-24-39(38)51(52,53)54)50(69-40)70-49-47(67-33(4)59)45(63-27-36-19-11-7-12-20-36)44(62-26-35-17-9-6-10-18-35)46(48(49)68-34(5)60)64-28-37-21-13-8-14-22-37/h6-25,40-50H,26-29H2,1-5H3/t40-,41-,42-,43-,44?,45-,46+,47+,48+,49?,50-/m1/s1. The van der Waals surface area contributed by atoms with E-state index in [2.05, 4.69) is 4.99 Å². The van der Waals surface area contributed by atoms with Gasteiger partial charge in [0, 0.05) is 46.4 Å². The minimum Gasteiger partial charge on any atom is -0.463 e. The first-order chi connectivity index (χ1) is 33.5. The Morgan fingerprint density at radius 3 is 1.34 bits per heavy atom. The fourth-order valence-corrected chi connectivity index (χ4v) is 8.14. The van der Waals surface area contributed by atoms with Crippen LogP contribution in [0.4, 0.5) is 13.2 Å². The van der Waals surface area contributed by atoms with E-state index in [9.17, 15) is 37.1 Å². The number of hydrogen-bond donors (Lipinski definition) is 0. The van der Waals surface area contributed by atoms with Gasteiger partial charge in [0.15, 0.2) is 30.7 Å². The summed E-state index contributed by atoms with van der Waals surface area (Å²) in [6.07, 6.45) is -19.4. The van der Waals surface area contributed by atoms with E-state index < -0.39 is 121 Å². The van der Waals surface area contributed by atoms with Gasteiger partial charge in [-0.2, -0.15) is 13.2 Å². The first-order valence-electron chi connectivity index (χ1n) is 22.3. The Morgan fingerprint density at radius 2 is 0.914 bits per heavy atom. The van der Waals surface area contributed by atoms with Crippen molar-refractivity contribution in [2.75, 3.05) is 6.61 Å². The van der Waals surface area contributed by atoms with Gasteiger partial charge in [-0.3, -0.25) is 29.0 Å². The van der Waals surface area contributed by atoms with Crippen molar-refractivity contribution in [1.29, 1.82) is 0 Å². The number of alkyl halides is 3. The van der Waals surface area contributed by atoms with Crippen molar-refractivity contribution in [2.24, 2.45) is 4.99 Å². The molecule has 70 heavy (non-hydrogen) atoms. The fourth-order valence-electron chi connectivity index (χ4n) is 8.14. The first-order valence-corrected chi connectivity index (χ1v) is 22.3. The quantitative estimate of drug-likeness (QED) is 0.0550. The van der Waals surface area contributed by atoms with Crippen molar-refractivity contribution in [2.45, 2.75) is 128 Å². The number of carbonyl (C=O) groups excluding carboxylic acids is 5. The van der Waals surface area contributed by atoms with Gasteiger partial charge < -0.3 is 47.4 Å². The highest BCUT2D eigenvalue weighted by atomic mass is 19.4. The third-order valence-electron chi connectivity index (χ3n) is 11.0. The van der Waals surface area contributed by atoms with Crippen molar-refractivity contribution in [1.82, 2.24) is 0 Å². The van der Waals surface area contributed by atoms with Crippen LogP contribution in [0, 0.1) is 0 Å². The van der Waals surface area contributed by atoms with E-state index in [0.29, 0.717) is 11.1 Å². The smallest absolute Gasteiger partial charge is 0.417 e. The van der Waals surface area contributed by atoms with Gasteiger partial charge in [0.1, 0.15) is 43.2 Å². The Morgan fingerprint density at radius 1 is 0.514 bits per heavy atom. The molecule has 19 heteroatoms. The maximum absolute atomic E-state index is 14.4. The number of ether oxygens (including phenoxy) is 10. The zero-order chi connectivity index (χ0) is 50.4. The van der Waals surface area contributed by atoms with Gasteiger partial charge in [0.25, 0.3) is 0 Å². The Hall–Kier alpha value is -6.51. The fraction of sp³-hybridized carbons (Fsp3) is 0.412. The van der Waals surface area contributed by atoms with Gasteiger partial charge in [0.2, 0.25) is 0 Å². The summed E-state index contributed by atoms with van der Waals surface area (Å²) >= 11 is 0. The van der Waals surface area contributed by atoms with Crippen molar-refractivity contribution in [3.63, 3.8) is 0 Å². The molecule has 2 unspecified atom stereocenters. The normalized spacial score (nSPS) is 25.6. The Bertz CT molecular complexity index is 2320. The number of nitrogens with zero attached hydrogens (tertiary/aromatic N) is 1. The second-order valence-electron chi connectivity index (χ2n) is 16.4. The molecular formula is C51H54F3NO15. The van der Waals surface area contributed by atoms with Gasteiger partial charge in [-0.25, -0.2) is 0 Å². The maximum atomic E-state index is 14.4. The summed E-state index contributed by atoms with van der Waals surface area (Å²) in [6.45, 7) is 4.60. The van der Waals surface area contributed by atoms with E-state index in [1.165, 1.54) is 12.1 Å². The molecule has 11 atom stereocenters. The molecule has 2 fully saturated rings. The Balaban J connectivity index is 1.55. The molecule has 374 valence electrons. The van der Waals surface area contributed by atoms with E-state index in [0.717, 1.165) is 58.5 Å². The van der Waals surface area contributed by atoms with Crippen LogP contribution in [0.2, 0.25) is 0 Å². The summed E-state index contributed by atoms with van der Waals surface area (Å²) in [5.74, 6) is -4.32. The summed E-state index contributed by atoms with van der Waals surface area (Å²) in [5, 5.41) is 0. The molecule has 0 bridgehead atoms. The second kappa shape index (κ2) is 24.9. The van der Waals surface area contributed by atoms with Gasteiger partial charge in [-0.1, -0.05) is 109 Å². The lowest BCUT2D eigenvalue weighted by Crippen LogP contribution is -2.70. The summed E-state index contributed by atoms with van der Waals surface area (Å²) in [7, 11) is 0. The molecular weight excluding hydrogens is 924 g/mol. The Labute approximate surface area is 402 Å². The van der Waals surface area contributed by atoms with Crippen LogP contribution in [0.3, 0.4) is 0 Å². The van der Waals surface area contributed by atoms with E-state index in [1.54, 1.807) is 48.5 Å². The van der Waals surface area contributed by atoms with Crippen molar-refractivity contribution >= 4 is 36.1 Å². The van der Waals surface area contributed by atoms with Crippen molar-refractivity contribution in [3.8, 4) is 0 Å². The van der Waals surface area contributed by atoms with Gasteiger partial charge in [0.05, 0.1) is 25.4 Å². The summed E-state index contributed by atoms with van der Waals surface area (Å²) < 4.78 is 105. The molecule has 4 aromatic rings. The summed E-state index contributed by atoms with van der Waals surface area (Å²) in [5.41, 5.74) is 0.642. The predicted molar refractivity (Wildman–Crippen MR) is 240 cm³/mol. The predicted octanol–water partition coefficient (Wildman–Crippen LogP) is 6.66. The molecule has 0 radical (unpaired) electrons. The number of aliphatic imine (C=N–C) groups is 1. The van der Waals surface area contributed by atoms with Crippen LogP contribution in [0.15, 0.2) is 120 Å². The third kappa shape index (κ3) is 14.8. The molecule has 16 nitrogen and oxygen atoms in total. The lowest BCUT2D eigenvalue weighted by molar-refractivity contribution is -0.329. The van der Waals surface area contributed by atoms with Crippen LogP contribution in [0.25, 0.3) is 0 Å². The molecule has 0 amide bonds. The molecule has 6 rings (SSSR count). The van der Waals surface area contributed by atoms with Crippen molar-refractivity contribution in [3.05, 3.63) is 143 Å². The third-order valence-corrected chi connectivity index (χ3v) is 11.0. The van der Waals surface area contributed by atoms with Gasteiger partial charge >= 0.3 is 36.0 Å². The zero-order valence-corrected chi connectivity index (χ0v) is 38.9. The minimum absolute atomic E-state index is 0.0334.